The third-order valence-electron chi connectivity index (χ3n) is 4.11. The van der Waals surface area contributed by atoms with Crippen LogP contribution in [0.5, 0.6) is 0 Å². The minimum absolute atomic E-state index is 0.902. The van der Waals surface area contributed by atoms with Gasteiger partial charge in [0.15, 0.2) is 0 Å². The van der Waals surface area contributed by atoms with Gasteiger partial charge in [0.1, 0.15) is 8.24 Å². The Morgan fingerprint density at radius 3 is 1.75 bits per heavy atom. The van der Waals surface area contributed by atoms with E-state index < -0.39 is 8.24 Å². The molecule has 16 heavy (non-hydrogen) atoms. The van der Waals surface area contributed by atoms with Crippen molar-refractivity contribution in [2.75, 3.05) is 13.1 Å². The van der Waals surface area contributed by atoms with Gasteiger partial charge < -0.3 is 4.57 Å². The second-order valence-corrected chi connectivity index (χ2v) is 10.3. The highest BCUT2D eigenvalue weighted by atomic mass is 28.3. The Morgan fingerprint density at radius 1 is 0.875 bits per heavy atom. The molecule has 0 rings (SSSR count). The van der Waals surface area contributed by atoms with Gasteiger partial charge in [0.2, 0.25) is 0 Å². The van der Waals surface area contributed by atoms with Gasteiger partial charge in [0.05, 0.1) is 0 Å². The van der Waals surface area contributed by atoms with E-state index in [4.69, 9.17) is 0 Å². The number of unbranched alkanes of at least 4 members (excludes halogenated alkanes) is 1. The maximum absolute atomic E-state index is 2.84. The van der Waals surface area contributed by atoms with E-state index >= 15 is 0 Å². The molecule has 0 heterocycles. The second kappa shape index (κ2) is 8.29. The van der Waals surface area contributed by atoms with Crippen LogP contribution >= 0.6 is 0 Å². The van der Waals surface area contributed by atoms with Gasteiger partial charge in [-0.3, -0.25) is 0 Å². The van der Waals surface area contributed by atoms with Crippen LogP contribution in [0.4, 0.5) is 0 Å². The van der Waals surface area contributed by atoms with Gasteiger partial charge in [0, 0.05) is 0 Å². The Hall–Kier alpha value is 0.177. The van der Waals surface area contributed by atoms with E-state index in [0.29, 0.717) is 0 Å². The van der Waals surface area contributed by atoms with Gasteiger partial charge >= 0.3 is 0 Å². The zero-order valence-electron chi connectivity index (χ0n) is 12.5. The van der Waals surface area contributed by atoms with Crippen LogP contribution in [-0.4, -0.2) is 25.9 Å². The number of hydrogen-bond acceptors (Lipinski definition) is 1. The van der Waals surface area contributed by atoms with E-state index in [9.17, 15) is 0 Å². The first-order valence-corrected chi connectivity index (χ1v) is 9.77. The molecular weight excluding hydrogens is 210 g/mol. The SMILES string of the molecule is CCCC[Si](CCC)(C(C)C)N(CC)CC. The van der Waals surface area contributed by atoms with Crippen molar-refractivity contribution in [3.63, 3.8) is 0 Å². The lowest BCUT2D eigenvalue weighted by molar-refractivity contribution is 0.441. The van der Waals surface area contributed by atoms with Crippen LogP contribution in [0.3, 0.4) is 0 Å². The largest absolute Gasteiger partial charge is 0.324 e. The van der Waals surface area contributed by atoms with Crippen molar-refractivity contribution >= 4 is 8.24 Å². The van der Waals surface area contributed by atoms with Crippen LogP contribution < -0.4 is 0 Å². The second-order valence-electron chi connectivity index (χ2n) is 5.28. The summed E-state index contributed by atoms with van der Waals surface area (Å²) in [5, 5.41) is 0. The summed E-state index contributed by atoms with van der Waals surface area (Å²) in [6.45, 7) is 16.8. The molecule has 0 amide bonds. The summed E-state index contributed by atoms with van der Waals surface area (Å²) in [7, 11) is -1.19. The smallest absolute Gasteiger partial charge is 0.130 e. The molecule has 1 nitrogen and oxygen atoms in total. The highest BCUT2D eigenvalue weighted by Crippen LogP contribution is 2.35. The molecule has 1 atom stereocenters. The summed E-state index contributed by atoms with van der Waals surface area (Å²) < 4.78 is 2.84. The predicted octanol–water partition coefficient (Wildman–Crippen LogP) is 4.89. The van der Waals surface area contributed by atoms with Gasteiger partial charge in [-0.1, -0.05) is 60.8 Å². The first kappa shape index (κ1) is 16.2. The Morgan fingerprint density at radius 2 is 1.44 bits per heavy atom. The fraction of sp³-hybridized carbons (Fsp3) is 1.00. The molecule has 0 saturated heterocycles. The van der Waals surface area contributed by atoms with Gasteiger partial charge in [0.25, 0.3) is 0 Å². The summed E-state index contributed by atoms with van der Waals surface area (Å²) in [5.74, 6) is 0. The van der Waals surface area contributed by atoms with Crippen molar-refractivity contribution in [2.24, 2.45) is 0 Å². The highest BCUT2D eigenvalue weighted by Gasteiger charge is 2.39. The van der Waals surface area contributed by atoms with Crippen LogP contribution in [0.1, 0.15) is 60.8 Å². The first-order valence-electron chi connectivity index (χ1n) is 7.33. The summed E-state index contributed by atoms with van der Waals surface area (Å²) >= 11 is 0. The van der Waals surface area contributed by atoms with Crippen LogP contribution in [0.2, 0.25) is 17.6 Å². The van der Waals surface area contributed by atoms with Gasteiger partial charge in [-0.25, -0.2) is 0 Å². The average molecular weight is 244 g/mol. The fourth-order valence-electron chi connectivity index (χ4n) is 3.15. The molecule has 0 aliphatic rings. The molecule has 1 unspecified atom stereocenters. The zero-order chi connectivity index (χ0) is 12.6. The van der Waals surface area contributed by atoms with Crippen molar-refractivity contribution in [3.8, 4) is 0 Å². The van der Waals surface area contributed by atoms with Crippen molar-refractivity contribution in [3.05, 3.63) is 0 Å². The molecule has 0 N–H and O–H groups in total. The standard InChI is InChI=1S/C14H33NSi/c1-7-11-13-16(12-8-2,14(5)6)15(9-3)10-4/h14H,7-13H2,1-6H3. The van der Waals surface area contributed by atoms with Gasteiger partial charge in [-0.2, -0.15) is 0 Å². The molecule has 0 spiro atoms. The Labute approximate surface area is 105 Å². The fourth-order valence-corrected chi connectivity index (χ4v) is 9.01. The lowest BCUT2D eigenvalue weighted by Gasteiger charge is -2.45. The van der Waals surface area contributed by atoms with E-state index in [0.717, 1.165) is 5.54 Å². The summed E-state index contributed by atoms with van der Waals surface area (Å²) in [6, 6.07) is 3.00. The maximum atomic E-state index is 2.84. The van der Waals surface area contributed by atoms with Crippen molar-refractivity contribution in [1.29, 1.82) is 0 Å². The topological polar surface area (TPSA) is 3.24 Å². The third-order valence-corrected chi connectivity index (χ3v) is 10.7. The van der Waals surface area contributed by atoms with E-state index in [2.05, 4.69) is 46.1 Å². The van der Waals surface area contributed by atoms with Crippen LogP contribution in [0, 0.1) is 0 Å². The molecule has 0 fully saturated rings. The molecule has 2 heteroatoms. The number of nitrogens with zero attached hydrogens (tertiary/aromatic N) is 1. The molecule has 0 bridgehead atoms. The normalized spacial score (nSPS) is 15.8. The molecule has 0 radical (unpaired) electrons. The van der Waals surface area contributed by atoms with E-state index in [1.807, 2.05) is 0 Å². The van der Waals surface area contributed by atoms with E-state index in [1.165, 1.54) is 44.4 Å². The van der Waals surface area contributed by atoms with Crippen molar-refractivity contribution in [2.45, 2.75) is 78.4 Å². The highest BCUT2D eigenvalue weighted by molar-refractivity contribution is 6.78. The third kappa shape index (κ3) is 3.88. The first-order chi connectivity index (χ1) is 7.58. The molecule has 0 aliphatic carbocycles. The number of rotatable bonds is 9. The summed E-state index contributed by atoms with van der Waals surface area (Å²) in [4.78, 5) is 0. The maximum Gasteiger partial charge on any atom is 0.130 e. The van der Waals surface area contributed by atoms with Crippen LogP contribution in [-0.2, 0) is 0 Å². The summed E-state index contributed by atoms with van der Waals surface area (Å²) in [5.41, 5.74) is 0.902. The Kier molecular flexibility index (Phi) is 8.39. The molecule has 0 aliphatic heterocycles. The summed E-state index contributed by atoms with van der Waals surface area (Å²) in [6.07, 6.45) is 4.15. The predicted molar refractivity (Wildman–Crippen MR) is 78.6 cm³/mol. The van der Waals surface area contributed by atoms with E-state index in [1.54, 1.807) is 0 Å². The number of hydrogen-bond donors (Lipinski definition) is 0. The molecule has 0 aromatic carbocycles. The van der Waals surface area contributed by atoms with E-state index in [-0.39, 0.29) is 0 Å². The molecular formula is C14H33NSi. The molecule has 0 aromatic rings. The van der Waals surface area contributed by atoms with Crippen molar-refractivity contribution in [1.82, 2.24) is 4.57 Å². The lowest BCUT2D eigenvalue weighted by Crippen LogP contribution is -2.55. The van der Waals surface area contributed by atoms with Crippen LogP contribution in [0.25, 0.3) is 0 Å². The van der Waals surface area contributed by atoms with Crippen LogP contribution in [0.15, 0.2) is 0 Å². The van der Waals surface area contributed by atoms with Crippen molar-refractivity contribution < 1.29 is 0 Å². The lowest BCUT2D eigenvalue weighted by atomic mass is 10.4. The Balaban J connectivity index is 4.89. The monoisotopic (exact) mass is 243 g/mol. The Bertz CT molecular complexity index is 166. The quantitative estimate of drug-likeness (QED) is 0.521. The molecule has 0 aromatic heterocycles. The molecule has 0 saturated carbocycles. The average Bonchev–Trinajstić information content (AvgIpc) is 2.26. The van der Waals surface area contributed by atoms with Gasteiger partial charge in [-0.05, 0) is 30.7 Å². The molecule has 98 valence electrons. The van der Waals surface area contributed by atoms with Gasteiger partial charge in [-0.15, -0.1) is 0 Å². The minimum Gasteiger partial charge on any atom is -0.324 e. The zero-order valence-corrected chi connectivity index (χ0v) is 13.5. The minimum atomic E-state index is -1.19.